The highest BCUT2D eigenvalue weighted by atomic mass is 32.1. The van der Waals surface area contributed by atoms with Gasteiger partial charge < -0.3 is 10.5 Å². The van der Waals surface area contributed by atoms with Crippen LogP contribution in [0.15, 0.2) is 12.1 Å². The van der Waals surface area contributed by atoms with Gasteiger partial charge in [0.2, 0.25) is 0 Å². The Morgan fingerprint density at radius 2 is 1.80 bits per heavy atom. The lowest BCUT2D eigenvalue weighted by Crippen LogP contribution is -2.31. The van der Waals surface area contributed by atoms with E-state index in [-0.39, 0.29) is 0 Å². The molecule has 4 heteroatoms. The Kier molecular flexibility index (Phi) is 7.13. The SMILES string of the molecule is COCCN(CCC(N)=S)Cc1c(C)cc(C)cc1C. The first-order valence-corrected chi connectivity index (χ1v) is 7.41. The zero-order chi connectivity index (χ0) is 15.1. The summed E-state index contributed by atoms with van der Waals surface area (Å²) in [7, 11) is 1.73. The van der Waals surface area contributed by atoms with Gasteiger partial charge >= 0.3 is 0 Å². The first-order chi connectivity index (χ1) is 9.43. The van der Waals surface area contributed by atoms with Crippen LogP contribution in [0.2, 0.25) is 0 Å². The molecular weight excluding hydrogens is 268 g/mol. The second-order valence-corrected chi connectivity index (χ2v) is 5.89. The molecule has 112 valence electrons. The summed E-state index contributed by atoms with van der Waals surface area (Å²) in [5.41, 5.74) is 11.0. The van der Waals surface area contributed by atoms with Crippen LogP contribution in [-0.2, 0) is 11.3 Å². The molecule has 0 heterocycles. The summed E-state index contributed by atoms with van der Waals surface area (Å²) < 4.78 is 5.19. The van der Waals surface area contributed by atoms with Crippen LogP contribution in [0.5, 0.6) is 0 Å². The number of nitrogens with zero attached hydrogens (tertiary/aromatic N) is 1. The monoisotopic (exact) mass is 294 g/mol. The van der Waals surface area contributed by atoms with E-state index in [1.54, 1.807) is 7.11 Å². The smallest absolute Gasteiger partial charge is 0.0740 e. The number of methoxy groups -OCH3 is 1. The van der Waals surface area contributed by atoms with E-state index in [0.717, 1.165) is 32.7 Å². The van der Waals surface area contributed by atoms with E-state index in [1.807, 2.05) is 0 Å². The minimum atomic E-state index is 0.574. The number of thiocarbonyl (C=S) groups is 1. The Labute approximate surface area is 128 Å². The number of benzene rings is 1. The van der Waals surface area contributed by atoms with Crippen molar-refractivity contribution in [1.29, 1.82) is 0 Å². The summed E-state index contributed by atoms with van der Waals surface area (Å²) in [6, 6.07) is 4.48. The molecular formula is C16H26N2OS. The summed E-state index contributed by atoms with van der Waals surface area (Å²) in [5.74, 6) is 0. The van der Waals surface area contributed by atoms with Gasteiger partial charge in [-0.25, -0.2) is 0 Å². The number of hydrogen-bond acceptors (Lipinski definition) is 3. The molecule has 1 aromatic rings. The molecule has 0 bridgehead atoms. The van der Waals surface area contributed by atoms with Crippen LogP contribution in [0.1, 0.15) is 28.7 Å². The van der Waals surface area contributed by atoms with E-state index in [1.165, 1.54) is 22.3 Å². The molecule has 0 radical (unpaired) electrons. The van der Waals surface area contributed by atoms with Crippen LogP contribution in [-0.4, -0.2) is 36.7 Å². The van der Waals surface area contributed by atoms with E-state index in [0.29, 0.717) is 4.99 Å². The predicted molar refractivity (Wildman–Crippen MR) is 89.2 cm³/mol. The van der Waals surface area contributed by atoms with E-state index in [4.69, 9.17) is 22.7 Å². The van der Waals surface area contributed by atoms with Crippen molar-refractivity contribution in [3.63, 3.8) is 0 Å². The maximum absolute atomic E-state index is 5.62. The molecule has 0 aromatic heterocycles. The van der Waals surface area contributed by atoms with Crippen LogP contribution in [0.4, 0.5) is 0 Å². The summed E-state index contributed by atoms with van der Waals surface area (Å²) >= 11 is 4.98. The van der Waals surface area contributed by atoms with E-state index in [2.05, 4.69) is 37.8 Å². The summed E-state index contributed by atoms with van der Waals surface area (Å²) in [4.78, 5) is 2.93. The Hall–Kier alpha value is -0.970. The molecule has 0 aliphatic carbocycles. The summed E-state index contributed by atoms with van der Waals surface area (Å²) in [6.45, 7) is 9.91. The maximum Gasteiger partial charge on any atom is 0.0740 e. The third-order valence-corrected chi connectivity index (χ3v) is 3.71. The third-order valence-electron chi connectivity index (χ3n) is 3.51. The lowest BCUT2D eigenvalue weighted by Gasteiger charge is -2.24. The molecule has 1 rings (SSSR count). The molecule has 0 aliphatic rings. The van der Waals surface area contributed by atoms with Gasteiger partial charge in [0.1, 0.15) is 0 Å². The second kappa shape index (κ2) is 8.35. The van der Waals surface area contributed by atoms with Gasteiger partial charge in [0.25, 0.3) is 0 Å². The zero-order valence-electron chi connectivity index (χ0n) is 13.0. The number of ether oxygens (including phenoxy) is 1. The number of hydrogen-bond donors (Lipinski definition) is 1. The summed E-state index contributed by atoms with van der Waals surface area (Å²) in [5, 5.41) is 0. The van der Waals surface area contributed by atoms with Gasteiger partial charge in [0.05, 0.1) is 11.6 Å². The molecule has 1 aromatic carbocycles. The Balaban J connectivity index is 2.80. The van der Waals surface area contributed by atoms with Crippen molar-refractivity contribution in [3.05, 3.63) is 34.4 Å². The average molecular weight is 294 g/mol. The third kappa shape index (κ3) is 5.57. The molecule has 0 amide bonds. The summed E-state index contributed by atoms with van der Waals surface area (Å²) in [6.07, 6.45) is 0.753. The van der Waals surface area contributed by atoms with Crippen molar-refractivity contribution in [2.45, 2.75) is 33.7 Å². The molecule has 0 fully saturated rings. The van der Waals surface area contributed by atoms with Gasteiger partial charge in [-0.1, -0.05) is 29.9 Å². The van der Waals surface area contributed by atoms with Crippen LogP contribution in [0, 0.1) is 20.8 Å². The van der Waals surface area contributed by atoms with Gasteiger partial charge in [-0.3, -0.25) is 4.90 Å². The molecule has 0 saturated carbocycles. The Morgan fingerprint density at radius 3 is 2.30 bits per heavy atom. The fourth-order valence-corrected chi connectivity index (χ4v) is 2.53. The van der Waals surface area contributed by atoms with E-state index in [9.17, 15) is 0 Å². The first kappa shape index (κ1) is 17.1. The topological polar surface area (TPSA) is 38.5 Å². The van der Waals surface area contributed by atoms with E-state index >= 15 is 0 Å². The highest BCUT2D eigenvalue weighted by Crippen LogP contribution is 2.18. The largest absolute Gasteiger partial charge is 0.393 e. The molecule has 3 nitrogen and oxygen atoms in total. The molecule has 20 heavy (non-hydrogen) atoms. The second-order valence-electron chi connectivity index (χ2n) is 5.36. The highest BCUT2D eigenvalue weighted by molar-refractivity contribution is 7.80. The van der Waals surface area contributed by atoms with Crippen molar-refractivity contribution in [1.82, 2.24) is 4.90 Å². The minimum absolute atomic E-state index is 0.574. The molecule has 2 N–H and O–H groups in total. The van der Waals surface area contributed by atoms with Gasteiger partial charge in [-0.15, -0.1) is 0 Å². The fourth-order valence-electron chi connectivity index (χ4n) is 2.44. The van der Waals surface area contributed by atoms with Crippen molar-refractivity contribution in [3.8, 4) is 0 Å². The van der Waals surface area contributed by atoms with Gasteiger partial charge in [0, 0.05) is 33.2 Å². The highest BCUT2D eigenvalue weighted by Gasteiger charge is 2.11. The standard InChI is InChI=1S/C16H26N2OS/c1-12-9-13(2)15(14(3)10-12)11-18(7-8-19-4)6-5-16(17)20/h9-10H,5-8,11H2,1-4H3,(H2,17,20). The van der Waals surface area contributed by atoms with Crippen LogP contribution < -0.4 is 5.73 Å². The Bertz CT molecular complexity index is 437. The molecule has 0 atom stereocenters. The number of nitrogens with two attached hydrogens (primary N) is 1. The van der Waals surface area contributed by atoms with Crippen molar-refractivity contribution in [2.24, 2.45) is 5.73 Å². The lowest BCUT2D eigenvalue weighted by molar-refractivity contribution is 0.145. The van der Waals surface area contributed by atoms with Gasteiger partial charge in [-0.05, 0) is 37.5 Å². The van der Waals surface area contributed by atoms with E-state index < -0.39 is 0 Å². The zero-order valence-corrected chi connectivity index (χ0v) is 13.8. The number of aryl methyl sites for hydroxylation is 3. The van der Waals surface area contributed by atoms with Crippen molar-refractivity contribution >= 4 is 17.2 Å². The van der Waals surface area contributed by atoms with Crippen LogP contribution >= 0.6 is 12.2 Å². The maximum atomic E-state index is 5.62. The average Bonchev–Trinajstić information content (AvgIpc) is 2.35. The van der Waals surface area contributed by atoms with Gasteiger partial charge in [0.15, 0.2) is 0 Å². The molecule has 0 spiro atoms. The first-order valence-electron chi connectivity index (χ1n) is 7.00. The van der Waals surface area contributed by atoms with Gasteiger partial charge in [-0.2, -0.15) is 0 Å². The fraction of sp³-hybridized carbons (Fsp3) is 0.562. The molecule has 0 aliphatic heterocycles. The quantitative estimate of drug-likeness (QED) is 0.748. The molecule has 0 unspecified atom stereocenters. The van der Waals surface area contributed by atoms with Crippen LogP contribution in [0.3, 0.4) is 0 Å². The predicted octanol–water partition coefficient (Wildman–Crippen LogP) is 2.74. The van der Waals surface area contributed by atoms with Crippen molar-refractivity contribution in [2.75, 3.05) is 26.8 Å². The van der Waals surface area contributed by atoms with Crippen molar-refractivity contribution < 1.29 is 4.74 Å². The lowest BCUT2D eigenvalue weighted by atomic mass is 9.99. The Morgan fingerprint density at radius 1 is 1.20 bits per heavy atom. The number of rotatable bonds is 8. The molecule has 0 saturated heterocycles. The van der Waals surface area contributed by atoms with Crippen LogP contribution in [0.25, 0.3) is 0 Å². The minimum Gasteiger partial charge on any atom is -0.393 e. The normalized spacial score (nSPS) is 11.1.